The van der Waals surface area contributed by atoms with E-state index in [2.05, 4.69) is 5.32 Å². The fraction of sp³-hybridized carbons (Fsp3) is 0.400. The Morgan fingerprint density at radius 1 is 1.43 bits per heavy atom. The maximum Gasteiger partial charge on any atom is 0.328 e. The zero-order chi connectivity index (χ0) is 15.4. The lowest BCUT2D eigenvalue weighted by molar-refractivity contribution is -0.154. The lowest BCUT2D eigenvalue weighted by Gasteiger charge is -2.32. The number of benzene rings is 1. The van der Waals surface area contributed by atoms with Crippen LogP contribution >= 0.6 is 0 Å². The predicted molar refractivity (Wildman–Crippen MR) is 75.6 cm³/mol. The maximum absolute atomic E-state index is 12.2. The van der Waals surface area contributed by atoms with Gasteiger partial charge in [-0.1, -0.05) is 29.8 Å². The summed E-state index contributed by atoms with van der Waals surface area (Å²) in [5.41, 5.74) is 2.14. The van der Waals surface area contributed by atoms with Crippen molar-refractivity contribution in [1.82, 2.24) is 10.2 Å². The topological polar surface area (TPSA) is 86.7 Å². The van der Waals surface area contributed by atoms with E-state index in [1.54, 1.807) is 0 Å². The Bertz CT molecular complexity index is 571. The third-order valence-electron chi connectivity index (χ3n) is 3.50. The van der Waals surface area contributed by atoms with Crippen molar-refractivity contribution < 1.29 is 19.5 Å². The fourth-order valence-corrected chi connectivity index (χ4v) is 2.39. The monoisotopic (exact) mass is 290 g/mol. The van der Waals surface area contributed by atoms with E-state index in [0.717, 1.165) is 16.0 Å². The van der Waals surface area contributed by atoms with E-state index < -0.39 is 12.0 Å². The molecule has 6 nitrogen and oxygen atoms in total. The summed E-state index contributed by atoms with van der Waals surface area (Å²) in [7, 11) is 0. The first-order valence-corrected chi connectivity index (χ1v) is 6.82. The first-order valence-electron chi connectivity index (χ1n) is 6.82. The average Bonchev–Trinajstić information content (AvgIpc) is 2.44. The number of carboxylic acids is 1. The molecule has 1 aromatic rings. The zero-order valence-corrected chi connectivity index (χ0v) is 11.8. The van der Waals surface area contributed by atoms with Crippen molar-refractivity contribution in [3.05, 3.63) is 35.4 Å². The van der Waals surface area contributed by atoms with Gasteiger partial charge in [-0.2, -0.15) is 0 Å². The van der Waals surface area contributed by atoms with Gasteiger partial charge in [0.05, 0.1) is 0 Å². The second-order valence-electron chi connectivity index (χ2n) is 5.17. The molecule has 0 aromatic heterocycles. The Hall–Kier alpha value is -2.37. The smallest absolute Gasteiger partial charge is 0.328 e. The molecule has 1 aliphatic rings. The van der Waals surface area contributed by atoms with Crippen LogP contribution in [0.1, 0.15) is 17.5 Å². The van der Waals surface area contributed by atoms with Gasteiger partial charge in [0.1, 0.15) is 12.6 Å². The van der Waals surface area contributed by atoms with E-state index in [-0.39, 0.29) is 31.3 Å². The highest BCUT2D eigenvalue weighted by molar-refractivity contribution is 5.91. The third kappa shape index (κ3) is 3.81. The van der Waals surface area contributed by atoms with Crippen LogP contribution in [0.4, 0.5) is 0 Å². The number of hydrogen-bond donors (Lipinski definition) is 2. The largest absolute Gasteiger partial charge is 0.480 e. The van der Waals surface area contributed by atoms with E-state index in [1.807, 2.05) is 31.2 Å². The van der Waals surface area contributed by atoms with Crippen LogP contribution in [0.25, 0.3) is 0 Å². The van der Waals surface area contributed by atoms with Gasteiger partial charge in [-0.05, 0) is 18.9 Å². The molecule has 0 bridgehead atoms. The van der Waals surface area contributed by atoms with Gasteiger partial charge in [-0.25, -0.2) is 4.79 Å². The average molecular weight is 290 g/mol. The van der Waals surface area contributed by atoms with Crippen LogP contribution in [-0.2, 0) is 20.8 Å². The van der Waals surface area contributed by atoms with E-state index in [1.165, 1.54) is 0 Å². The highest BCUT2D eigenvalue weighted by Crippen LogP contribution is 2.11. The second kappa shape index (κ2) is 6.39. The predicted octanol–water partition coefficient (Wildman–Crippen LogP) is 0.339. The molecule has 1 saturated heterocycles. The van der Waals surface area contributed by atoms with Crippen LogP contribution in [0.3, 0.4) is 0 Å². The zero-order valence-electron chi connectivity index (χ0n) is 11.8. The molecule has 1 atom stereocenters. The van der Waals surface area contributed by atoms with Gasteiger partial charge in [-0.15, -0.1) is 0 Å². The van der Waals surface area contributed by atoms with Crippen molar-refractivity contribution in [3.63, 3.8) is 0 Å². The number of carboxylic acid groups (broad SMARTS) is 1. The van der Waals surface area contributed by atoms with Crippen LogP contribution < -0.4 is 5.32 Å². The number of carbonyl (C=O) groups is 3. The molecule has 2 amide bonds. The second-order valence-corrected chi connectivity index (χ2v) is 5.17. The Labute approximate surface area is 122 Å². The normalized spacial score (nSPS) is 18.2. The fourth-order valence-electron chi connectivity index (χ4n) is 2.39. The number of piperazine rings is 1. The molecule has 1 aromatic carbocycles. The van der Waals surface area contributed by atoms with Gasteiger partial charge in [-0.3, -0.25) is 9.59 Å². The van der Waals surface area contributed by atoms with Crippen LogP contribution in [0.15, 0.2) is 24.3 Å². The molecular weight excluding hydrogens is 272 g/mol. The molecule has 2 rings (SSSR count). The molecule has 1 unspecified atom stereocenters. The van der Waals surface area contributed by atoms with Crippen LogP contribution in [0.2, 0.25) is 0 Å². The number of rotatable bonds is 4. The van der Waals surface area contributed by atoms with Crippen molar-refractivity contribution in [2.24, 2.45) is 0 Å². The molecule has 21 heavy (non-hydrogen) atoms. The van der Waals surface area contributed by atoms with Crippen molar-refractivity contribution in [2.75, 3.05) is 13.1 Å². The van der Waals surface area contributed by atoms with Crippen molar-refractivity contribution in [3.8, 4) is 0 Å². The molecular formula is C15H18N2O4. The SMILES string of the molecule is Cc1cccc(CCC(=O)N2CC(=O)NCC2C(=O)O)c1. The molecule has 0 radical (unpaired) electrons. The summed E-state index contributed by atoms with van der Waals surface area (Å²) < 4.78 is 0. The van der Waals surface area contributed by atoms with Gasteiger partial charge >= 0.3 is 5.97 Å². The van der Waals surface area contributed by atoms with Gasteiger partial charge in [0, 0.05) is 13.0 Å². The van der Waals surface area contributed by atoms with Gasteiger partial charge in [0.15, 0.2) is 0 Å². The summed E-state index contributed by atoms with van der Waals surface area (Å²) in [4.78, 5) is 35.9. The quantitative estimate of drug-likeness (QED) is 0.837. The first-order chi connectivity index (χ1) is 9.97. The van der Waals surface area contributed by atoms with Crippen LogP contribution in [-0.4, -0.2) is 46.9 Å². The molecule has 0 aliphatic carbocycles. The number of amides is 2. The van der Waals surface area contributed by atoms with Crippen molar-refractivity contribution >= 4 is 17.8 Å². The highest BCUT2D eigenvalue weighted by Gasteiger charge is 2.34. The van der Waals surface area contributed by atoms with Gasteiger partial charge in [0.25, 0.3) is 0 Å². The van der Waals surface area contributed by atoms with E-state index in [0.29, 0.717) is 6.42 Å². The van der Waals surface area contributed by atoms with Crippen LogP contribution in [0, 0.1) is 6.92 Å². The molecule has 1 heterocycles. The number of aryl methyl sites for hydroxylation is 2. The third-order valence-corrected chi connectivity index (χ3v) is 3.50. The van der Waals surface area contributed by atoms with Crippen molar-refractivity contribution in [2.45, 2.75) is 25.8 Å². The molecule has 0 spiro atoms. The summed E-state index contributed by atoms with van der Waals surface area (Å²) >= 11 is 0. The van der Waals surface area contributed by atoms with Gasteiger partial charge in [0.2, 0.25) is 11.8 Å². The van der Waals surface area contributed by atoms with E-state index >= 15 is 0 Å². The molecule has 6 heteroatoms. The first kappa shape index (κ1) is 15.0. The Morgan fingerprint density at radius 3 is 2.86 bits per heavy atom. The van der Waals surface area contributed by atoms with Gasteiger partial charge < -0.3 is 15.3 Å². The summed E-state index contributed by atoms with van der Waals surface area (Å²) in [6, 6.07) is 6.83. The molecule has 2 N–H and O–H groups in total. The number of nitrogens with zero attached hydrogens (tertiary/aromatic N) is 1. The minimum Gasteiger partial charge on any atom is -0.480 e. The Kier molecular flexibility index (Phi) is 4.57. The molecule has 112 valence electrons. The maximum atomic E-state index is 12.2. The minimum absolute atomic E-state index is 0.0373. The summed E-state index contributed by atoms with van der Waals surface area (Å²) in [5.74, 6) is -1.73. The summed E-state index contributed by atoms with van der Waals surface area (Å²) in [6.07, 6.45) is 0.728. The molecule has 0 saturated carbocycles. The summed E-state index contributed by atoms with van der Waals surface area (Å²) in [5, 5.41) is 11.6. The number of hydrogen-bond acceptors (Lipinski definition) is 3. The standard InChI is InChI=1S/C15H18N2O4/c1-10-3-2-4-11(7-10)5-6-14(19)17-9-13(18)16-8-12(17)15(20)21/h2-4,7,12H,5-6,8-9H2,1H3,(H,16,18)(H,20,21). The van der Waals surface area contributed by atoms with Crippen LogP contribution in [0.5, 0.6) is 0 Å². The van der Waals surface area contributed by atoms with Crippen molar-refractivity contribution in [1.29, 1.82) is 0 Å². The Morgan fingerprint density at radius 2 is 2.19 bits per heavy atom. The molecule has 1 fully saturated rings. The number of nitrogens with one attached hydrogen (secondary N) is 1. The van der Waals surface area contributed by atoms with E-state index in [9.17, 15) is 14.4 Å². The molecule has 1 aliphatic heterocycles. The lowest BCUT2D eigenvalue weighted by Crippen LogP contribution is -2.59. The lowest BCUT2D eigenvalue weighted by atomic mass is 10.1. The minimum atomic E-state index is -1.10. The number of aliphatic carboxylic acids is 1. The summed E-state index contributed by atoms with van der Waals surface area (Å²) in [6.45, 7) is 1.74. The highest BCUT2D eigenvalue weighted by atomic mass is 16.4. The number of carbonyl (C=O) groups excluding carboxylic acids is 2. The van der Waals surface area contributed by atoms with E-state index in [4.69, 9.17) is 5.11 Å². The Balaban J connectivity index is 2.00.